The van der Waals surface area contributed by atoms with Gasteiger partial charge in [-0.05, 0) is 31.5 Å². The number of alkyl halides is 3. The van der Waals surface area contributed by atoms with E-state index in [1.807, 2.05) is 30.3 Å². The quantitative estimate of drug-likeness (QED) is 0.783. The summed E-state index contributed by atoms with van der Waals surface area (Å²) in [6.45, 7) is 3.58. The number of fused-ring (bicyclic) bond motifs is 1. The molecule has 1 aromatic carbocycles. The average molecular weight is 397 g/mol. The van der Waals surface area contributed by atoms with E-state index < -0.39 is 18.1 Å². The molecule has 3 aliphatic heterocycles. The van der Waals surface area contributed by atoms with E-state index in [4.69, 9.17) is 4.74 Å². The van der Waals surface area contributed by atoms with Gasteiger partial charge in [-0.3, -0.25) is 14.6 Å². The van der Waals surface area contributed by atoms with Crippen molar-refractivity contribution in [1.29, 1.82) is 0 Å². The summed E-state index contributed by atoms with van der Waals surface area (Å²) in [7, 11) is 0. The number of carbonyl (C=O) groups is 1. The van der Waals surface area contributed by atoms with Crippen LogP contribution >= 0.6 is 0 Å². The van der Waals surface area contributed by atoms with E-state index in [-0.39, 0.29) is 18.6 Å². The average Bonchev–Trinajstić information content (AvgIpc) is 3.22. The Morgan fingerprint density at radius 3 is 2.36 bits per heavy atom. The molecule has 0 radical (unpaired) electrons. The van der Waals surface area contributed by atoms with Gasteiger partial charge in [0, 0.05) is 19.6 Å². The van der Waals surface area contributed by atoms with Gasteiger partial charge in [0.1, 0.15) is 0 Å². The zero-order valence-electron chi connectivity index (χ0n) is 15.8. The molecule has 1 unspecified atom stereocenters. The van der Waals surface area contributed by atoms with E-state index in [2.05, 4.69) is 9.80 Å². The molecule has 0 aromatic heterocycles. The largest absolute Gasteiger partial charge is 0.471 e. The maximum Gasteiger partial charge on any atom is 0.471 e. The molecule has 3 atom stereocenters. The maximum absolute atomic E-state index is 13.3. The summed E-state index contributed by atoms with van der Waals surface area (Å²) < 4.78 is 45.7. The first-order valence-electron chi connectivity index (χ1n) is 9.93. The standard InChI is InChI=1S/C20H26F3N3O2/c21-20(22,23)19(27)26-11-10-25(12-15-6-2-1-3-7-15)17-14-28-13-16(18(17)26)24-8-4-5-9-24/h1-3,6-7,16-18H,4-5,8-14H2/t16-,17?,18+/m0/s1. The Morgan fingerprint density at radius 1 is 1.00 bits per heavy atom. The summed E-state index contributed by atoms with van der Waals surface area (Å²) in [5, 5.41) is 0. The summed E-state index contributed by atoms with van der Waals surface area (Å²) in [5.74, 6) is -1.71. The number of nitrogens with zero attached hydrogens (tertiary/aromatic N) is 3. The summed E-state index contributed by atoms with van der Waals surface area (Å²) in [4.78, 5) is 17.7. The number of halogens is 3. The van der Waals surface area contributed by atoms with E-state index in [9.17, 15) is 18.0 Å². The van der Waals surface area contributed by atoms with Gasteiger partial charge in [-0.15, -0.1) is 0 Å². The third-order valence-corrected chi connectivity index (χ3v) is 6.16. The molecule has 0 spiro atoms. The molecule has 3 aliphatic rings. The molecule has 0 bridgehead atoms. The van der Waals surface area contributed by atoms with Crippen molar-refractivity contribution in [2.24, 2.45) is 0 Å². The Morgan fingerprint density at radius 2 is 1.68 bits per heavy atom. The lowest BCUT2D eigenvalue weighted by Gasteiger charge is -2.54. The van der Waals surface area contributed by atoms with Gasteiger partial charge in [0.05, 0.1) is 31.3 Å². The highest BCUT2D eigenvalue weighted by molar-refractivity contribution is 5.82. The molecule has 3 saturated heterocycles. The molecule has 1 aromatic rings. The van der Waals surface area contributed by atoms with Crippen LogP contribution in [0.2, 0.25) is 0 Å². The molecule has 3 heterocycles. The monoisotopic (exact) mass is 397 g/mol. The number of rotatable bonds is 3. The van der Waals surface area contributed by atoms with Crippen LogP contribution in [0.15, 0.2) is 30.3 Å². The summed E-state index contributed by atoms with van der Waals surface area (Å²) >= 11 is 0. The Labute approximate surface area is 163 Å². The number of carbonyl (C=O) groups excluding carboxylic acids is 1. The second kappa shape index (κ2) is 8.00. The van der Waals surface area contributed by atoms with Crippen molar-refractivity contribution in [1.82, 2.24) is 14.7 Å². The molecule has 1 amide bonds. The van der Waals surface area contributed by atoms with Gasteiger partial charge < -0.3 is 9.64 Å². The van der Waals surface area contributed by atoms with Crippen LogP contribution < -0.4 is 0 Å². The van der Waals surface area contributed by atoms with Crippen LogP contribution in [0.25, 0.3) is 0 Å². The first kappa shape index (κ1) is 19.7. The number of likely N-dealkylation sites (tertiary alicyclic amines) is 1. The van der Waals surface area contributed by atoms with Crippen molar-refractivity contribution in [2.45, 2.75) is 43.7 Å². The highest BCUT2D eigenvalue weighted by Crippen LogP contribution is 2.33. The zero-order chi connectivity index (χ0) is 19.7. The minimum atomic E-state index is -4.85. The van der Waals surface area contributed by atoms with Crippen LogP contribution in [0.3, 0.4) is 0 Å². The molecule has 0 aliphatic carbocycles. The number of hydrogen-bond donors (Lipinski definition) is 0. The molecule has 154 valence electrons. The third-order valence-electron chi connectivity index (χ3n) is 6.16. The van der Waals surface area contributed by atoms with Crippen molar-refractivity contribution in [3.05, 3.63) is 35.9 Å². The van der Waals surface area contributed by atoms with Gasteiger partial charge >= 0.3 is 12.1 Å². The molecule has 4 rings (SSSR count). The first-order valence-corrected chi connectivity index (χ1v) is 9.93. The maximum atomic E-state index is 13.3. The lowest BCUT2D eigenvalue weighted by Crippen LogP contribution is -2.72. The van der Waals surface area contributed by atoms with Gasteiger partial charge in [-0.25, -0.2) is 0 Å². The fourth-order valence-electron chi connectivity index (χ4n) is 4.86. The minimum absolute atomic E-state index is 0.0939. The van der Waals surface area contributed by atoms with Crippen molar-refractivity contribution in [3.63, 3.8) is 0 Å². The summed E-state index contributed by atoms with van der Waals surface area (Å²) in [6.07, 6.45) is -2.77. The Bertz CT molecular complexity index is 679. The first-order chi connectivity index (χ1) is 13.4. The fraction of sp³-hybridized carbons (Fsp3) is 0.650. The van der Waals surface area contributed by atoms with E-state index in [1.165, 1.54) is 0 Å². The SMILES string of the molecule is O=C(N1CCN(Cc2ccccc2)C2COC[C@H](N3CCCC3)[C@H]21)C(F)(F)F. The predicted molar refractivity (Wildman–Crippen MR) is 97.6 cm³/mol. The van der Waals surface area contributed by atoms with E-state index in [1.54, 1.807) is 0 Å². The second-order valence-electron chi connectivity index (χ2n) is 7.86. The normalized spacial score (nSPS) is 29.7. The number of benzene rings is 1. The van der Waals surface area contributed by atoms with Crippen LogP contribution in [-0.2, 0) is 16.1 Å². The topological polar surface area (TPSA) is 36.0 Å². The van der Waals surface area contributed by atoms with Gasteiger partial charge in [-0.1, -0.05) is 30.3 Å². The highest BCUT2D eigenvalue weighted by atomic mass is 19.4. The Kier molecular flexibility index (Phi) is 5.62. The molecular weight excluding hydrogens is 371 g/mol. The molecule has 28 heavy (non-hydrogen) atoms. The summed E-state index contributed by atoms with van der Waals surface area (Å²) in [5.41, 5.74) is 1.11. The second-order valence-corrected chi connectivity index (χ2v) is 7.86. The van der Waals surface area contributed by atoms with Gasteiger partial charge in [0.2, 0.25) is 0 Å². The van der Waals surface area contributed by atoms with Crippen LogP contribution in [0.4, 0.5) is 13.2 Å². The Balaban J connectivity index is 1.61. The van der Waals surface area contributed by atoms with Crippen molar-refractivity contribution in [3.8, 4) is 0 Å². The van der Waals surface area contributed by atoms with Gasteiger partial charge in [-0.2, -0.15) is 13.2 Å². The lowest BCUT2D eigenvalue weighted by molar-refractivity contribution is -0.200. The van der Waals surface area contributed by atoms with E-state index >= 15 is 0 Å². The van der Waals surface area contributed by atoms with Gasteiger partial charge in [0.25, 0.3) is 0 Å². The van der Waals surface area contributed by atoms with Crippen molar-refractivity contribution < 1.29 is 22.7 Å². The fourth-order valence-corrected chi connectivity index (χ4v) is 4.86. The van der Waals surface area contributed by atoms with Crippen LogP contribution in [0.1, 0.15) is 18.4 Å². The molecule has 8 heteroatoms. The highest BCUT2D eigenvalue weighted by Gasteiger charge is 2.53. The van der Waals surface area contributed by atoms with E-state index in [0.29, 0.717) is 26.3 Å². The van der Waals surface area contributed by atoms with Crippen LogP contribution in [-0.4, -0.2) is 84.3 Å². The van der Waals surface area contributed by atoms with Gasteiger partial charge in [0.15, 0.2) is 0 Å². The molecule has 0 N–H and O–H groups in total. The number of piperazine rings is 1. The molecule has 0 saturated carbocycles. The third kappa shape index (κ3) is 3.90. The molecule has 3 fully saturated rings. The van der Waals surface area contributed by atoms with Crippen LogP contribution in [0, 0.1) is 0 Å². The van der Waals surface area contributed by atoms with Crippen LogP contribution in [0.5, 0.6) is 0 Å². The van der Waals surface area contributed by atoms with Crippen molar-refractivity contribution >= 4 is 5.91 Å². The molecule has 5 nitrogen and oxygen atoms in total. The Hall–Kier alpha value is -1.64. The van der Waals surface area contributed by atoms with E-state index in [0.717, 1.165) is 36.4 Å². The number of amides is 1. The summed E-state index contributed by atoms with van der Waals surface area (Å²) in [6, 6.07) is 8.97. The number of ether oxygens (including phenoxy) is 1. The number of hydrogen-bond acceptors (Lipinski definition) is 4. The minimum Gasteiger partial charge on any atom is -0.378 e. The zero-order valence-corrected chi connectivity index (χ0v) is 15.8. The van der Waals surface area contributed by atoms with Crippen molar-refractivity contribution in [2.75, 3.05) is 39.4 Å². The molecular formula is C20H26F3N3O2. The lowest BCUT2D eigenvalue weighted by atomic mass is 9.91. The predicted octanol–water partition coefficient (Wildman–Crippen LogP) is 2.12. The smallest absolute Gasteiger partial charge is 0.378 e.